The first kappa shape index (κ1) is 19.7. The molecular weight excluding hydrogens is 392 g/mol. The number of furan rings is 1. The number of benzene rings is 1. The van der Waals surface area contributed by atoms with Crippen molar-refractivity contribution in [2.75, 3.05) is 13.7 Å². The number of aromatic nitrogens is 1. The molecule has 0 amide bonds. The molecule has 0 saturated carbocycles. The van der Waals surface area contributed by atoms with Crippen LogP contribution in [-0.4, -0.2) is 31.5 Å². The summed E-state index contributed by atoms with van der Waals surface area (Å²) in [6.45, 7) is 4.14. The van der Waals surface area contributed by atoms with Crippen LogP contribution in [0.5, 0.6) is 5.75 Å². The van der Waals surface area contributed by atoms with Gasteiger partial charge in [-0.1, -0.05) is 23.7 Å². The van der Waals surface area contributed by atoms with Crippen LogP contribution in [0.25, 0.3) is 11.5 Å². The highest BCUT2D eigenvalue weighted by atomic mass is 32.2. The minimum absolute atomic E-state index is 0.0873. The minimum atomic E-state index is -3.81. The number of hydrogen-bond donors (Lipinski definition) is 0. The van der Waals surface area contributed by atoms with Gasteiger partial charge in [0.2, 0.25) is 10.9 Å². The fourth-order valence-corrected chi connectivity index (χ4v) is 5.31. The third-order valence-corrected chi connectivity index (χ3v) is 7.24. The summed E-state index contributed by atoms with van der Waals surface area (Å²) in [6, 6.07) is 10.4. The van der Waals surface area contributed by atoms with Gasteiger partial charge < -0.3 is 13.7 Å². The molecule has 1 aromatic carbocycles. The fourth-order valence-electron chi connectivity index (χ4n) is 3.72. The number of hydrogen-bond acceptors (Lipinski definition) is 6. The topological polar surface area (TPSA) is 85.8 Å². The lowest BCUT2D eigenvalue weighted by Crippen LogP contribution is -2.38. The van der Waals surface area contributed by atoms with Gasteiger partial charge in [0.25, 0.3) is 10.0 Å². The SMILES string of the molecule is COc1cccc(C2CCCCN2S(=O)(=O)c2ccc(-c3onc(C)c3C)o2)c1. The first-order chi connectivity index (χ1) is 13.9. The van der Waals surface area contributed by atoms with Crippen molar-refractivity contribution in [2.24, 2.45) is 0 Å². The average Bonchev–Trinajstić information content (AvgIpc) is 3.36. The quantitative estimate of drug-likeness (QED) is 0.610. The molecule has 0 radical (unpaired) electrons. The molecule has 1 unspecified atom stereocenters. The molecule has 0 spiro atoms. The Labute approximate surface area is 170 Å². The van der Waals surface area contributed by atoms with E-state index in [9.17, 15) is 8.42 Å². The Balaban J connectivity index is 1.69. The third kappa shape index (κ3) is 3.58. The van der Waals surface area contributed by atoms with Gasteiger partial charge in [-0.15, -0.1) is 0 Å². The first-order valence-corrected chi connectivity index (χ1v) is 11.0. The summed E-state index contributed by atoms with van der Waals surface area (Å²) < 4.78 is 44.7. The minimum Gasteiger partial charge on any atom is -0.497 e. The molecule has 4 rings (SSSR count). The van der Waals surface area contributed by atoms with E-state index in [-0.39, 0.29) is 11.1 Å². The number of rotatable bonds is 5. The van der Waals surface area contributed by atoms with Gasteiger partial charge in [-0.25, -0.2) is 8.42 Å². The van der Waals surface area contributed by atoms with Crippen LogP contribution in [0, 0.1) is 13.8 Å². The van der Waals surface area contributed by atoms with Crippen LogP contribution < -0.4 is 4.74 Å². The van der Waals surface area contributed by atoms with Crippen molar-refractivity contribution in [3.8, 4) is 17.3 Å². The summed E-state index contributed by atoms with van der Waals surface area (Å²) >= 11 is 0. The summed E-state index contributed by atoms with van der Waals surface area (Å²) in [4.78, 5) is 0. The molecule has 8 heteroatoms. The lowest BCUT2D eigenvalue weighted by molar-refractivity contribution is 0.249. The largest absolute Gasteiger partial charge is 0.497 e. The standard InChI is InChI=1S/C21H24N2O5S/c1-14-15(2)22-28-21(14)19-10-11-20(27-19)29(24,25)23-12-5-4-9-18(23)16-7-6-8-17(13-16)26-3/h6-8,10-11,13,18H,4-5,9,12H2,1-3H3. The average molecular weight is 416 g/mol. The maximum Gasteiger partial charge on any atom is 0.277 e. The van der Waals surface area contributed by atoms with Gasteiger partial charge in [0, 0.05) is 12.1 Å². The molecule has 154 valence electrons. The highest BCUT2D eigenvalue weighted by molar-refractivity contribution is 7.89. The van der Waals surface area contributed by atoms with E-state index in [1.807, 2.05) is 38.1 Å². The van der Waals surface area contributed by atoms with Crippen molar-refractivity contribution in [3.63, 3.8) is 0 Å². The van der Waals surface area contributed by atoms with E-state index >= 15 is 0 Å². The molecule has 29 heavy (non-hydrogen) atoms. The van der Waals surface area contributed by atoms with E-state index in [4.69, 9.17) is 13.7 Å². The van der Waals surface area contributed by atoms with Crippen molar-refractivity contribution in [1.82, 2.24) is 9.46 Å². The van der Waals surface area contributed by atoms with Gasteiger partial charge in [-0.3, -0.25) is 0 Å². The number of nitrogens with zero attached hydrogens (tertiary/aromatic N) is 2. The molecule has 0 bridgehead atoms. The second-order valence-electron chi connectivity index (χ2n) is 7.24. The number of ether oxygens (including phenoxy) is 1. The number of aryl methyl sites for hydroxylation is 1. The van der Waals surface area contributed by atoms with Crippen LogP contribution >= 0.6 is 0 Å². The summed E-state index contributed by atoms with van der Waals surface area (Å²) in [5, 5.41) is 3.83. The summed E-state index contributed by atoms with van der Waals surface area (Å²) in [5.74, 6) is 1.52. The van der Waals surface area contributed by atoms with E-state index in [0.717, 1.165) is 36.1 Å². The molecule has 1 atom stereocenters. The van der Waals surface area contributed by atoms with Crippen LogP contribution in [0.2, 0.25) is 0 Å². The van der Waals surface area contributed by atoms with Crippen LogP contribution in [0.3, 0.4) is 0 Å². The number of methoxy groups -OCH3 is 1. The van der Waals surface area contributed by atoms with Gasteiger partial charge in [0.05, 0.1) is 18.8 Å². The zero-order valence-corrected chi connectivity index (χ0v) is 17.5. The zero-order valence-electron chi connectivity index (χ0n) is 16.7. The van der Waals surface area contributed by atoms with Crippen LogP contribution in [0.15, 0.2) is 50.4 Å². The molecule has 0 aliphatic carbocycles. The predicted octanol–water partition coefficient (Wildman–Crippen LogP) is 4.48. The zero-order chi connectivity index (χ0) is 20.6. The summed E-state index contributed by atoms with van der Waals surface area (Å²) in [5.41, 5.74) is 2.49. The van der Waals surface area contributed by atoms with Crippen molar-refractivity contribution in [2.45, 2.75) is 44.2 Å². The molecule has 3 aromatic rings. The second kappa shape index (κ2) is 7.68. The Kier molecular flexibility index (Phi) is 5.23. The molecule has 3 heterocycles. The Morgan fingerprint density at radius 2 is 2.00 bits per heavy atom. The Morgan fingerprint density at radius 3 is 2.72 bits per heavy atom. The van der Waals surface area contributed by atoms with E-state index < -0.39 is 10.0 Å². The van der Waals surface area contributed by atoms with E-state index in [1.54, 1.807) is 13.2 Å². The monoisotopic (exact) mass is 416 g/mol. The Hall–Kier alpha value is -2.58. The molecular formula is C21H24N2O5S. The van der Waals surface area contributed by atoms with Gasteiger partial charge in [-0.2, -0.15) is 4.31 Å². The predicted molar refractivity (Wildman–Crippen MR) is 107 cm³/mol. The first-order valence-electron chi connectivity index (χ1n) is 9.60. The highest BCUT2D eigenvalue weighted by Gasteiger charge is 2.36. The lowest BCUT2D eigenvalue weighted by atomic mass is 9.97. The third-order valence-electron chi connectivity index (χ3n) is 5.46. The molecule has 2 aromatic heterocycles. The van der Waals surface area contributed by atoms with Crippen LogP contribution in [0.4, 0.5) is 0 Å². The molecule has 1 saturated heterocycles. The van der Waals surface area contributed by atoms with Gasteiger partial charge in [0.15, 0.2) is 5.76 Å². The van der Waals surface area contributed by atoms with Gasteiger partial charge >= 0.3 is 0 Å². The van der Waals surface area contributed by atoms with E-state index in [0.29, 0.717) is 23.8 Å². The molecule has 7 nitrogen and oxygen atoms in total. The Morgan fingerprint density at radius 1 is 1.17 bits per heavy atom. The van der Waals surface area contributed by atoms with E-state index in [2.05, 4.69) is 5.16 Å². The molecule has 1 aliphatic rings. The van der Waals surface area contributed by atoms with Crippen LogP contribution in [0.1, 0.15) is 42.1 Å². The highest BCUT2D eigenvalue weighted by Crippen LogP contribution is 2.38. The molecule has 0 N–H and O–H groups in total. The van der Waals surface area contributed by atoms with Gasteiger partial charge in [0.1, 0.15) is 5.75 Å². The van der Waals surface area contributed by atoms with Crippen molar-refractivity contribution < 1.29 is 22.1 Å². The second-order valence-corrected chi connectivity index (χ2v) is 9.07. The van der Waals surface area contributed by atoms with Crippen molar-refractivity contribution in [1.29, 1.82) is 0 Å². The van der Waals surface area contributed by atoms with E-state index in [1.165, 1.54) is 10.4 Å². The van der Waals surface area contributed by atoms with Crippen molar-refractivity contribution >= 4 is 10.0 Å². The molecule has 1 fully saturated rings. The Bertz CT molecular complexity index is 1120. The van der Waals surface area contributed by atoms with Gasteiger partial charge in [-0.05, 0) is 56.5 Å². The summed E-state index contributed by atoms with van der Waals surface area (Å²) in [7, 11) is -2.21. The summed E-state index contributed by atoms with van der Waals surface area (Å²) in [6.07, 6.45) is 2.53. The lowest BCUT2D eigenvalue weighted by Gasteiger charge is -2.34. The fraction of sp³-hybridized carbons (Fsp3) is 0.381. The smallest absolute Gasteiger partial charge is 0.277 e. The maximum atomic E-state index is 13.4. The normalized spacial score (nSPS) is 18.1. The van der Waals surface area contributed by atoms with Crippen LogP contribution in [-0.2, 0) is 10.0 Å². The van der Waals surface area contributed by atoms with Crippen molar-refractivity contribution in [3.05, 3.63) is 53.2 Å². The maximum absolute atomic E-state index is 13.4. The number of piperidine rings is 1. The molecule has 1 aliphatic heterocycles. The number of sulfonamides is 1.